The highest BCUT2D eigenvalue weighted by atomic mass is 16.7. The van der Waals surface area contributed by atoms with Gasteiger partial charge < -0.3 is 58.7 Å². The summed E-state index contributed by atoms with van der Waals surface area (Å²) in [7, 11) is 7.43. The molecule has 5 N–H and O–H groups in total. The average molecular weight is 461 g/mol. The lowest BCUT2D eigenvalue weighted by Gasteiger charge is -2.39. The second-order valence-electron chi connectivity index (χ2n) is 6.91. The molecule has 2 aliphatic heterocycles. The summed E-state index contributed by atoms with van der Waals surface area (Å²) in [6.45, 7) is 3.35. The highest BCUT2D eigenvalue weighted by molar-refractivity contribution is 4.89. The number of hydrogen-bond acceptors (Lipinski definition) is 12. The van der Waals surface area contributed by atoms with Gasteiger partial charge in [0.2, 0.25) is 0 Å². The number of rotatable bonds is 8. The van der Waals surface area contributed by atoms with Gasteiger partial charge in [-0.25, -0.2) is 0 Å². The van der Waals surface area contributed by atoms with E-state index in [0.717, 1.165) is 13.0 Å². The largest absolute Gasteiger partial charge is 0.387 e. The van der Waals surface area contributed by atoms with Crippen molar-refractivity contribution < 1.29 is 58.7 Å². The predicted octanol–water partition coefficient (Wildman–Crippen LogP) is -2.14. The van der Waals surface area contributed by atoms with Crippen molar-refractivity contribution in [3.8, 4) is 0 Å². The van der Waals surface area contributed by atoms with Crippen LogP contribution >= 0.6 is 0 Å². The Labute approximate surface area is 183 Å². The molecule has 2 saturated heterocycles. The number of aliphatic hydroxyl groups excluding tert-OH is 5. The van der Waals surface area contributed by atoms with Crippen molar-refractivity contribution in [1.82, 2.24) is 0 Å². The molecule has 0 bridgehead atoms. The molecular weight excluding hydrogens is 420 g/mol. The van der Waals surface area contributed by atoms with Gasteiger partial charge in [-0.05, 0) is 6.42 Å². The van der Waals surface area contributed by atoms with Crippen molar-refractivity contribution in [2.45, 2.75) is 68.7 Å². The van der Waals surface area contributed by atoms with Gasteiger partial charge in [-0.3, -0.25) is 0 Å². The molecule has 9 atom stereocenters. The molecule has 2 rings (SSSR count). The summed E-state index contributed by atoms with van der Waals surface area (Å²) in [5.41, 5.74) is 0. The first-order valence-corrected chi connectivity index (χ1v) is 9.97. The molecular formula is C19H40O12. The van der Waals surface area contributed by atoms with Crippen LogP contribution < -0.4 is 0 Å². The number of hydrogen-bond donors (Lipinski definition) is 5. The monoisotopic (exact) mass is 460 g/mol. The Bertz CT molecular complexity index is 423. The zero-order valence-corrected chi connectivity index (χ0v) is 19.1. The van der Waals surface area contributed by atoms with Gasteiger partial charge in [-0.15, -0.1) is 0 Å². The van der Waals surface area contributed by atoms with Gasteiger partial charge in [-0.1, -0.05) is 6.92 Å². The lowest BCUT2D eigenvalue weighted by Crippen LogP contribution is -2.59. The summed E-state index contributed by atoms with van der Waals surface area (Å²) < 4.78 is 34.1. The Balaban J connectivity index is 0.000000483. The standard InChI is InChI=1S/C8H16O6.C7H14O5.C4H10O/c1-12-3-4-5(9)6(10)7(11)8(13-2)14-4;1-10-3-4-5(8)6(9)7(11-2)12-4;1-3-4-5-2/h4-11H,3H2,1-2H3;4-9H,3H2,1-2H3;3-4H2,1-2H3. The lowest BCUT2D eigenvalue weighted by atomic mass is 9.99. The minimum Gasteiger partial charge on any atom is -0.387 e. The fraction of sp³-hybridized carbons (Fsp3) is 1.00. The molecule has 2 fully saturated rings. The molecule has 188 valence electrons. The van der Waals surface area contributed by atoms with E-state index in [2.05, 4.69) is 6.92 Å². The smallest absolute Gasteiger partial charge is 0.186 e. The van der Waals surface area contributed by atoms with Crippen molar-refractivity contribution in [2.75, 3.05) is 55.4 Å². The summed E-state index contributed by atoms with van der Waals surface area (Å²) in [6, 6.07) is 0. The third kappa shape index (κ3) is 9.90. The molecule has 0 spiro atoms. The molecule has 0 radical (unpaired) electrons. The Morgan fingerprint density at radius 2 is 0.968 bits per heavy atom. The van der Waals surface area contributed by atoms with Crippen molar-refractivity contribution in [1.29, 1.82) is 0 Å². The van der Waals surface area contributed by atoms with Gasteiger partial charge >= 0.3 is 0 Å². The second-order valence-corrected chi connectivity index (χ2v) is 6.91. The first-order chi connectivity index (χ1) is 14.7. The molecule has 12 nitrogen and oxygen atoms in total. The number of aliphatic hydroxyl groups is 5. The highest BCUT2D eigenvalue weighted by Gasteiger charge is 2.44. The fourth-order valence-corrected chi connectivity index (χ4v) is 2.83. The molecule has 0 saturated carbocycles. The van der Waals surface area contributed by atoms with Gasteiger partial charge in [0.05, 0.1) is 13.2 Å². The van der Waals surface area contributed by atoms with Gasteiger partial charge in [0.25, 0.3) is 0 Å². The summed E-state index contributed by atoms with van der Waals surface area (Å²) in [6.07, 6.45) is -7.39. The van der Waals surface area contributed by atoms with Crippen molar-refractivity contribution >= 4 is 0 Å². The predicted molar refractivity (Wildman–Crippen MR) is 107 cm³/mol. The van der Waals surface area contributed by atoms with Crippen LogP contribution in [-0.2, 0) is 33.2 Å². The summed E-state index contributed by atoms with van der Waals surface area (Å²) in [4.78, 5) is 0. The topological polar surface area (TPSA) is 166 Å². The molecule has 2 heterocycles. The molecule has 2 aliphatic rings. The first-order valence-electron chi connectivity index (χ1n) is 9.97. The van der Waals surface area contributed by atoms with Crippen molar-refractivity contribution in [3.63, 3.8) is 0 Å². The van der Waals surface area contributed by atoms with Crippen molar-refractivity contribution in [3.05, 3.63) is 0 Å². The fourth-order valence-electron chi connectivity index (χ4n) is 2.83. The van der Waals surface area contributed by atoms with Gasteiger partial charge in [-0.2, -0.15) is 0 Å². The molecule has 0 aromatic heterocycles. The van der Waals surface area contributed by atoms with Crippen molar-refractivity contribution in [2.24, 2.45) is 0 Å². The molecule has 0 aliphatic carbocycles. The first kappa shape index (κ1) is 30.5. The Hall–Kier alpha value is -0.480. The van der Waals surface area contributed by atoms with Gasteiger partial charge in [0.15, 0.2) is 12.6 Å². The zero-order chi connectivity index (χ0) is 24.0. The van der Waals surface area contributed by atoms with Crippen LogP contribution in [0.4, 0.5) is 0 Å². The summed E-state index contributed by atoms with van der Waals surface area (Å²) >= 11 is 0. The van der Waals surface area contributed by atoms with Crippen LogP contribution in [0.1, 0.15) is 13.3 Å². The normalized spacial score (nSPS) is 37.5. The molecule has 9 unspecified atom stereocenters. The van der Waals surface area contributed by atoms with Crippen LogP contribution in [0.25, 0.3) is 0 Å². The van der Waals surface area contributed by atoms with E-state index in [1.807, 2.05) is 0 Å². The molecule has 0 aromatic carbocycles. The van der Waals surface area contributed by atoms with E-state index >= 15 is 0 Å². The SMILES string of the molecule is CCCOC.COCC1OC(OC)C(O)C(O)C1O.COCC1OC(OC)C(O)C1O. The van der Waals surface area contributed by atoms with Gasteiger partial charge in [0, 0.05) is 42.2 Å². The second kappa shape index (κ2) is 17.1. The van der Waals surface area contributed by atoms with Crippen LogP contribution in [-0.4, -0.2) is 136 Å². The Kier molecular flexibility index (Phi) is 16.8. The quantitative estimate of drug-likeness (QED) is 0.267. The number of methoxy groups -OCH3 is 5. The van der Waals surface area contributed by atoms with E-state index in [0.29, 0.717) is 0 Å². The van der Waals surface area contributed by atoms with E-state index in [1.54, 1.807) is 7.11 Å². The average Bonchev–Trinajstić information content (AvgIpc) is 3.04. The van der Waals surface area contributed by atoms with E-state index in [9.17, 15) is 25.5 Å². The van der Waals surface area contributed by atoms with Gasteiger partial charge in [0.1, 0.15) is 42.7 Å². The van der Waals surface area contributed by atoms with Crippen LogP contribution in [0, 0.1) is 0 Å². The third-order valence-corrected chi connectivity index (χ3v) is 4.52. The Morgan fingerprint density at radius 3 is 1.23 bits per heavy atom. The number of ether oxygens (including phenoxy) is 7. The maximum atomic E-state index is 9.48. The summed E-state index contributed by atoms with van der Waals surface area (Å²) in [5, 5.41) is 47.0. The van der Waals surface area contributed by atoms with E-state index in [-0.39, 0.29) is 13.2 Å². The highest BCUT2D eigenvalue weighted by Crippen LogP contribution is 2.22. The molecule has 31 heavy (non-hydrogen) atoms. The van der Waals surface area contributed by atoms with Crippen LogP contribution in [0.5, 0.6) is 0 Å². The van der Waals surface area contributed by atoms with Crippen LogP contribution in [0.2, 0.25) is 0 Å². The maximum Gasteiger partial charge on any atom is 0.186 e. The van der Waals surface area contributed by atoms with Crippen LogP contribution in [0.15, 0.2) is 0 Å². The zero-order valence-electron chi connectivity index (χ0n) is 19.1. The molecule has 0 aromatic rings. The molecule has 0 amide bonds. The Morgan fingerprint density at radius 1 is 0.581 bits per heavy atom. The van der Waals surface area contributed by atoms with E-state index in [1.165, 1.54) is 28.4 Å². The van der Waals surface area contributed by atoms with Crippen LogP contribution in [0.3, 0.4) is 0 Å². The van der Waals surface area contributed by atoms with E-state index < -0.39 is 55.3 Å². The minimum absolute atomic E-state index is 0.130. The molecule has 12 heteroatoms. The minimum atomic E-state index is -1.28. The van der Waals surface area contributed by atoms with E-state index in [4.69, 9.17) is 33.2 Å². The third-order valence-electron chi connectivity index (χ3n) is 4.52. The summed E-state index contributed by atoms with van der Waals surface area (Å²) in [5.74, 6) is 0. The lowest BCUT2D eigenvalue weighted by molar-refractivity contribution is -0.295. The maximum absolute atomic E-state index is 9.48.